The summed E-state index contributed by atoms with van der Waals surface area (Å²) in [6, 6.07) is 0. The minimum absolute atomic E-state index is 0.0597. The van der Waals surface area contributed by atoms with E-state index < -0.39 is 97.5 Å². The van der Waals surface area contributed by atoms with Crippen LogP contribution in [-0.4, -0.2) is 96.7 Å². The second-order valence-electron chi connectivity index (χ2n) is 25.5. The largest absolute Gasteiger partial charge is 0.472 e. The van der Waals surface area contributed by atoms with Gasteiger partial charge in [-0.2, -0.15) is 0 Å². The number of aliphatic hydroxyl groups is 1. The molecule has 590 valence electrons. The average molecular weight is 1490 g/mol. The van der Waals surface area contributed by atoms with Crippen molar-refractivity contribution in [3.8, 4) is 0 Å². The molecule has 0 aromatic carbocycles. The van der Waals surface area contributed by atoms with Crippen molar-refractivity contribution in [1.29, 1.82) is 0 Å². The number of phosphoric acid groups is 2. The number of esters is 4. The Morgan fingerprint density at radius 3 is 0.856 bits per heavy atom. The van der Waals surface area contributed by atoms with Crippen LogP contribution in [0.15, 0.2) is 170 Å². The lowest BCUT2D eigenvalue weighted by atomic mass is 10.1. The molecule has 0 rings (SSSR count). The summed E-state index contributed by atoms with van der Waals surface area (Å²) in [5.41, 5.74) is 0. The third-order valence-electron chi connectivity index (χ3n) is 15.6. The second-order valence-corrected chi connectivity index (χ2v) is 28.4. The number of ether oxygens (including phenoxy) is 4. The van der Waals surface area contributed by atoms with E-state index in [2.05, 4.69) is 186 Å². The number of rotatable bonds is 72. The number of carbonyl (C=O) groups is 4. The van der Waals surface area contributed by atoms with E-state index in [-0.39, 0.29) is 25.7 Å². The lowest BCUT2D eigenvalue weighted by molar-refractivity contribution is -0.161. The molecule has 0 saturated carbocycles. The van der Waals surface area contributed by atoms with E-state index >= 15 is 0 Å². The fourth-order valence-electron chi connectivity index (χ4n) is 9.70. The van der Waals surface area contributed by atoms with E-state index in [1.54, 1.807) is 0 Å². The Balaban J connectivity index is 5.46. The van der Waals surface area contributed by atoms with Crippen LogP contribution in [0.3, 0.4) is 0 Å². The summed E-state index contributed by atoms with van der Waals surface area (Å²) in [6.45, 7) is 4.40. The molecule has 17 nitrogen and oxygen atoms in total. The lowest BCUT2D eigenvalue weighted by Crippen LogP contribution is -2.30. The van der Waals surface area contributed by atoms with Gasteiger partial charge in [0.25, 0.3) is 0 Å². The molecule has 0 aliphatic heterocycles. The van der Waals surface area contributed by atoms with Crippen LogP contribution in [0.4, 0.5) is 0 Å². The monoisotopic (exact) mass is 1490 g/mol. The van der Waals surface area contributed by atoms with Gasteiger partial charge in [0.05, 0.1) is 26.4 Å². The Kier molecular flexibility index (Phi) is 71.6. The standard InChI is InChI=1S/C85H138O17P2/c1-5-9-13-17-21-25-29-33-36-38-39-41-44-47-50-54-58-62-66-70-83(88)96-76-81(102-85(90)72-68-64-60-56-52-48-42-35-31-27-23-19-15-11-7-3)78-100-104(93,94)98-74-79(86)73-97-103(91,92)99-77-80(101-84(89)71-67-63-59-55-51-45-32-28-24-20-16-12-8-4)75-95-82(87)69-65-61-57-53-49-46-43-40-37-34-30-26-22-18-14-10-6-2/h9-10,13-14,16,20-23,25-28,32-37,39,41-43,46-47,50,53,57,79-81,86H,5-8,11-12,15,17-19,24,29-31,38,40,44-45,48-49,51-52,54-56,58-78H2,1-4H3,(H,91,92)(H,93,94)/b13-9-,14-10-,20-16-,25-21-,26-22-,27-23-,32-28-,36-33-,37-34-,41-39-,42-35-,46-43-,50-47-,57-53-. The molecule has 0 heterocycles. The number of hydrogen-bond donors (Lipinski definition) is 3. The van der Waals surface area contributed by atoms with Crippen molar-refractivity contribution in [2.45, 2.75) is 303 Å². The summed E-state index contributed by atoms with van der Waals surface area (Å²) in [6.07, 6.45) is 89.1. The molecule has 19 heteroatoms. The summed E-state index contributed by atoms with van der Waals surface area (Å²) in [7, 11) is -10.0. The first-order valence-corrected chi connectivity index (χ1v) is 42.4. The normalized spacial score (nSPS) is 14.8. The van der Waals surface area contributed by atoms with Gasteiger partial charge in [-0.25, -0.2) is 9.13 Å². The summed E-state index contributed by atoms with van der Waals surface area (Å²) >= 11 is 0. The van der Waals surface area contributed by atoms with Crippen LogP contribution in [0.25, 0.3) is 0 Å². The first-order chi connectivity index (χ1) is 50.7. The molecule has 0 spiro atoms. The van der Waals surface area contributed by atoms with Gasteiger partial charge in [0.15, 0.2) is 12.2 Å². The SMILES string of the molecule is CC/C=C\C/C=C\C/C=C\C/C=C\C/C=C\CCCCCC(=O)OCC(COP(=O)(O)OCC(O)COP(=O)(O)OCC(COC(=O)CCC/C=C\C/C=C\C/C=C\C/C=C\C/C=C\CC)OC(=O)CCCCCCC/C=C\C/C=C\CCC)OC(=O)CCCCCCC/C=C\C/C=C\CCCCC. The molecule has 0 aliphatic carbocycles. The van der Waals surface area contributed by atoms with Crippen LogP contribution in [0.2, 0.25) is 0 Å². The Hall–Kier alpha value is -5.58. The molecule has 0 bridgehead atoms. The van der Waals surface area contributed by atoms with E-state index in [1.807, 2.05) is 12.2 Å². The molecular weight excluding hydrogens is 1350 g/mol. The summed E-state index contributed by atoms with van der Waals surface area (Å²) < 4.78 is 68.5. The topological polar surface area (TPSA) is 237 Å². The fourth-order valence-corrected chi connectivity index (χ4v) is 11.3. The van der Waals surface area contributed by atoms with Crippen molar-refractivity contribution in [2.24, 2.45) is 0 Å². The smallest absolute Gasteiger partial charge is 0.462 e. The van der Waals surface area contributed by atoms with Crippen LogP contribution < -0.4 is 0 Å². The Bertz CT molecular complexity index is 2640. The molecule has 0 aliphatic rings. The maximum atomic E-state index is 13.1. The zero-order chi connectivity index (χ0) is 76.0. The van der Waals surface area contributed by atoms with E-state index in [0.29, 0.717) is 32.1 Å². The van der Waals surface area contributed by atoms with Gasteiger partial charge in [-0.15, -0.1) is 0 Å². The molecule has 5 unspecified atom stereocenters. The third-order valence-corrected chi connectivity index (χ3v) is 17.5. The molecule has 0 saturated heterocycles. The van der Waals surface area contributed by atoms with E-state index in [1.165, 1.54) is 19.3 Å². The van der Waals surface area contributed by atoms with Gasteiger partial charge < -0.3 is 33.8 Å². The van der Waals surface area contributed by atoms with Crippen LogP contribution in [0.5, 0.6) is 0 Å². The maximum absolute atomic E-state index is 13.1. The van der Waals surface area contributed by atoms with Gasteiger partial charge in [-0.3, -0.25) is 37.3 Å². The Morgan fingerprint density at radius 1 is 0.279 bits per heavy atom. The minimum Gasteiger partial charge on any atom is -0.462 e. The number of phosphoric ester groups is 2. The maximum Gasteiger partial charge on any atom is 0.472 e. The van der Waals surface area contributed by atoms with Crippen LogP contribution in [0, 0.1) is 0 Å². The highest BCUT2D eigenvalue weighted by Crippen LogP contribution is 2.45. The van der Waals surface area contributed by atoms with E-state index in [0.717, 1.165) is 180 Å². The van der Waals surface area contributed by atoms with Crippen molar-refractivity contribution in [1.82, 2.24) is 0 Å². The summed E-state index contributed by atoms with van der Waals surface area (Å²) in [5.74, 6) is -2.32. The highest BCUT2D eigenvalue weighted by molar-refractivity contribution is 7.47. The van der Waals surface area contributed by atoms with Gasteiger partial charge in [0.1, 0.15) is 19.3 Å². The van der Waals surface area contributed by atoms with Crippen molar-refractivity contribution in [3.05, 3.63) is 170 Å². The van der Waals surface area contributed by atoms with Crippen molar-refractivity contribution >= 4 is 39.5 Å². The Morgan fingerprint density at radius 2 is 0.529 bits per heavy atom. The van der Waals surface area contributed by atoms with E-state index in [9.17, 15) is 43.2 Å². The molecule has 5 atom stereocenters. The van der Waals surface area contributed by atoms with Crippen molar-refractivity contribution in [2.75, 3.05) is 39.6 Å². The first kappa shape index (κ1) is 98.4. The number of carbonyl (C=O) groups excluding carboxylic acids is 4. The average Bonchev–Trinajstić information content (AvgIpc) is 0.911. The van der Waals surface area contributed by atoms with E-state index in [4.69, 9.17) is 37.0 Å². The molecule has 0 aromatic heterocycles. The summed E-state index contributed by atoms with van der Waals surface area (Å²) in [4.78, 5) is 73.0. The van der Waals surface area contributed by atoms with Gasteiger partial charge >= 0.3 is 39.5 Å². The molecule has 0 fully saturated rings. The third kappa shape index (κ3) is 74.7. The number of hydrogen-bond acceptors (Lipinski definition) is 15. The predicted molar refractivity (Wildman–Crippen MR) is 426 cm³/mol. The quantitative estimate of drug-likeness (QED) is 0.0169. The number of aliphatic hydroxyl groups excluding tert-OH is 1. The molecule has 0 radical (unpaired) electrons. The molecule has 104 heavy (non-hydrogen) atoms. The number of allylic oxidation sites excluding steroid dienone is 28. The zero-order valence-corrected chi connectivity index (χ0v) is 66.2. The molecular formula is C85H138O17P2. The minimum atomic E-state index is -5.00. The van der Waals surface area contributed by atoms with Crippen molar-refractivity contribution in [3.63, 3.8) is 0 Å². The van der Waals surface area contributed by atoms with Crippen LogP contribution in [0.1, 0.15) is 285 Å². The van der Waals surface area contributed by atoms with Gasteiger partial charge in [-0.1, -0.05) is 262 Å². The van der Waals surface area contributed by atoms with Crippen LogP contribution >= 0.6 is 15.6 Å². The number of unbranched alkanes of at least 4 members (excludes halogenated alkanes) is 18. The molecule has 0 aromatic rings. The van der Waals surface area contributed by atoms with Gasteiger partial charge in [0.2, 0.25) is 0 Å². The Labute approximate surface area is 629 Å². The molecule has 3 N–H and O–H groups in total. The van der Waals surface area contributed by atoms with Gasteiger partial charge in [-0.05, 0) is 167 Å². The highest BCUT2D eigenvalue weighted by atomic mass is 31.2. The second kappa shape index (κ2) is 75.6. The predicted octanol–water partition coefficient (Wildman–Crippen LogP) is 23.0. The van der Waals surface area contributed by atoms with Gasteiger partial charge in [0, 0.05) is 25.7 Å². The van der Waals surface area contributed by atoms with Crippen LogP contribution in [-0.2, 0) is 65.4 Å². The van der Waals surface area contributed by atoms with Crippen molar-refractivity contribution < 1.29 is 80.2 Å². The molecule has 0 amide bonds. The highest BCUT2D eigenvalue weighted by Gasteiger charge is 2.30. The lowest BCUT2D eigenvalue weighted by Gasteiger charge is -2.21. The summed E-state index contributed by atoms with van der Waals surface area (Å²) in [5, 5.41) is 10.6. The fraction of sp³-hybridized carbons (Fsp3) is 0.624. The zero-order valence-electron chi connectivity index (χ0n) is 64.4. The first-order valence-electron chi connectivity index (χ1n) is 39.4.